The molecule has 1 aliphatic heterocycles. The predicted molar refractivity (Wildman–Crippen MR) is 76.5 cm³/mol. The standard InChI is InChI=1S/C14H20ClN3O/c15-13-6-5-12(11-17-13)14(19)16-7-4-10-18-8-2-1-3-9-18/h5-6,11H,1-4,7-10H2,(H,16,19). The van der Waals surface area contributed by atoms with Crippen molar-refractivity contribution in [3.8, 4) is 0 Å². The van der Waals surface area contributed by atoms with Crippen molar-refractivity contribution in [2.45, 2.75) is 25.7 Å². The Bertz CT molecular complexity index is 402. The number of likely N-dealkylation sites (tertiary alicyclic amines) is 1. The van der Waals surface area contributed by atoms with Crippen LogP contribution in [0.5, 0.6) is 0 Å². The second-order valence-corrected chi connectivity index (χ2v) is 5.27. The van der Waals surface area contributed by atoms with Gasteiger partial charge in [-0.05, 0) is 51.0 Å². The van der Waals surface area contributed by atoms with Crippen LogP contribution in [-0.4, -0.2) is 42.0 Å². The van der Waals surface area contributed by atoms with Gasteiger partial charge in [-0.15, -0.1) is 0 Å². The van der Waals surface area contributed by atoms with Crippen molar-refractivity contribution in [3.05, 3.63) is 29.0 Å². The number of aromatic nitrogens is 1. The fourth-order valence-electron chi connectivity index (χ4n) is 2.30. The zero-order valence-corrected chi connectivity index (χ0v) is 11.8. The number of halogens is 1. The summed E-state index contributed by atoms with van der Waals surface area (Å²) in [7, 11) is 0. The Morgan fingerprint density at radius 1 is 1.32 bits per heavy atom. The molecule has 0 atom stereocenters. The molecule has 0 spiro atoms. The van der Waals surface area contributed by atoms with Crippen LogP contribution < -0.4 is 5.32 Å². The van der Waals surface area contributed by atoms with Crippen LogP contribution in [-0.2, 0) is 0 Å². The molecule has 1 aromatic rings. The van der Waals surface area contributed by atoms with Crippen molar-refractivity contribution in [1.29, 1.82) is 0 Å². The molecule has 5 heteroatoms. The smallest absolute Gasteiger partial charge is 0.252 e. The minimum atomic E-state index is -0.0807. The molecule has 1 aromatic heterocycles. The fraction of sp³-hybridized carbons (Fsp3) is 0.571. The van der Waals surface area contributed by atoms with Crippen molar-refractivity contribution >= 4 is 17.5 Å². The van der Waals surface area contributed by atoms with E-state index in [0.29, 0.717) is 17.3 Å². The molecule has 0 radical (unpaired) electrons. The van der Waals surface area contributed by atoms with E-state index in [4.69, 9.17) is 11.6 Å². The van der Waals surface area contributed by atoms with Gasteiger partial charge in [0.2, 0.25) is 0 Å². The van der Waals surface area contributed by atoms with Gasteiger partial charge in [-0.2, -0.15) is 0 Å². The molecule has 2 rings (SSSR count). The molecule has 0 aromatic carbocycles. The summed E-state index contributed by atoms with van der Waals surface area (Å²) in [5.74, 6) is -0.0807. The Hall–Kier alpha value is -1.13. The molecule has 1 fully saturated rings. The first-order valence-corrected chi connectivity index (χ1v) is 7.25. The van der Waals surface area contributed by atoms with E-state index in [1.54, 1.807) is 12.1 Å². The average molecular weight is 282 g/mol. The maximum Gasteiger partial charge on any atom is 0.252 e. The first-order valence-electron chi connectivity index (χ1n) is 6.88. The minimum absolute atomic E-state index is 0.0807. The lowest BCUT2D eigenvalue weighted by atomic mass is 10.1. The number of carbonyl (C=O) groups is 1. The maximum absolute atomic E-state index is 11.8. The first kappa shape index (κ1) is 14.3. The quantitative estimate of drug-likeness (QED) is 0.666. The van der Waals surface area contributed by atoms with E-state index in [2.05, 4.69) is 15.2 Å². The predicted octanol–water partition coefficient (Wildman–Crippen LogP) is 2.34. The van der Waals surface area contributed by atoms with Crippen LogP contribution in [0.2, 0.25) is 5.15 Å². The van der Waals surface area contributed by atoms with Crippen LogP contribution >= 0.6 is 11.6 Å². The molecule has 104 valence electrons. The van der Waals surface area contributed by atoms with Crippen LogP contribution in [0, 0.1) is 0 Å². The van der Waals surface area contributed by atoms with E-state index in [0.717, 1.165) is 13.0 Å². The van der Waals surface area contributed by atoms with Gasteiger partial charge in [0.15, 0.2) is 0 Å². The van der Waals surface area contributed by atoms with Gasteiger partial charge >= 0.3 is 0 Å². The summed E-state index contributed by atoms with van der Waals surface area (Å²) in [6, 6.07) is 3.32. The van der Waals surface area contributed by atoms with Gasteiger partial charge in [0.1, 0.15) is 5.15 Å². The summed E-state index contributed by atoms with van der Waals surface area (Å²) < 4.78 is 0. The number of pyridine rings is 1. The molecular weight excluding hydrogens is 262 g/mol. The number of hydrogen-bond acceptors (Lipinski definition) is 3. The van der Waals surface area contributed by atoms with Crippen molar-refractivity contribution in [3.63, 3.8) is 0 Å². The molecular formula is C14H20ClN3O. The molecule has 0 aliphatic carbocycles. The summed E-state index contributed by atoms with van der Waals surface area (Å²) in [5.41, 5.74) is 0.558. The molecule has 19 heavy (non-hydrogen) atoms. The second-order valence-electron chi connectivity index (χ2n) is 4.88. The third kappa shape index (κ3) is 4.80. The topological polar surface area (TPSA) is 45.2 Å². The van der Waals surface area contributed by atoms with Crippen molar-refractivity contribution in [1.82, 2.24) is 15.2 Å². The molecule has 1 saturated heterocycles. The molecule has 1 amide bonds. The van der Waals surface area contributed by atoms with Gasteiger partial charge in [-0.3, -0.25) is 4.79 Å². The average Bonchev–Trinajstić information content (AvgIpc) is 2.45. The Labute approximate surface area is 119 Å². The highest BCUT2D eigenvalue weighted by atomic mass is 35.5. The molecule has 1 N–H and O–H groups in total. The second kappa shape index (κ2) is 7.46. The van der Waals surface area contributed by atoms with Crippen LogP contribution in [0.4, 0.5) is 0 Å². The van der Waals surface area contributed by atoms with Crippen molar-refractivity contribution in [2.24, 2.45) is 0 Å². The SMILES string of the molecule is O=C(NCCCN1CCCCC1)c1ccc(Cl)nc1. The van der Waals surface area contributed by atoms with E-state index in [1.165, 1.54) is 38.5 Å². The van der Waals surface area contributed by atoms with Gasteiger partial charge < -0.3 is 10.2 Å². The Kier molecular flexibility index (Phi) is 5.61. The number of nitrogens with one attached hydrogen (secondary N) is 1. The highest BCUT2D eigenvalue weighted by molar-refractivity contribution is 6.29. The van der Waals surface area contributed by atoms with Gasteiger partial charge in [-0.1, -0.05) is 18.0 Å². The van der Waals surface area contributed by atoms with Crippen molar-refractivity contribution < 1.29 is 4.79 Å². The number of hydrogen-bond donors (Lipinski definition) is 1. The van der Waals surface area contributed by atoms with Gasteiger partial charge in [-0.25, -0.2) is 4.98 Å². The molecule has 4 nitrogen and oxygen atoms in total. The lowest BCUT2D eigenvalue weighted by Gasteiger charge is -2.26. The first-order chi connectivity index (χ1) is 9.25. The number of amides is 1. The van der Waals surface area contributed by atoms with E-state index < -0.39 is 0 Å². The van der Waals surface area contributed by atoms with Gasteiger partial charge in [0.25, 0.3) is 5.91 Å². The van der Waals surface area contributed by atoms with E-state index >= 15 is 0 Å². The van der Waals surface area contributed by atoms with Crippen molar-refractivity contribution in [2.75, 3.05) is 26.2 Å². The van der Waals surface area contributed by atoms with E-state index in [9.17, 15) is 4.79 Å². The van der Waals surface area contributed by atoms with E-state index in [-0.39, 0.29) is 5.91 Å². The van der Waals surface area contributed by atoms with Gasteiger partial charge in [0, 0.05) is 12.7 Å². The summed E-state index contributed by atoms with van der Waals surface area (Å²) in [6.45, 7) is 4.18. The highest BCUT2D eigenvalue weighted by Crippen LogP contribution is 2.08. The van der Waals surface area contributed by atoms with E-state index in [1.807, 2.05) is 0 Å². The molecule has 0 saturated carbocycles. The number of nitrogens with zero attached hydrogens (tertiary/aromatic N) is 2. The minimum Gasteiger partial charge on any atom is -0.352 e. The summed E-state index contributed by atoms with van der Waals surface area (Å²) in [5, 5.41) is 3.31. The zero-order valence-electron chi connectivity index (χ0n) is 11.1. The normalized spacial score (nSPS) is 16.3. The monoisotopic (exact) mass is 281 g/mol. The lowest BCUT2D eigenvalue weighted by molar-refractivity contribution is 0.0950. The zero-order chi connectivity index (χ0) is 13.5. The van der Waals surface area contributed by atoms with Crippen LogP contribution in [0.15, 0.2) is 18.3 Å². The molecule has 1 aliphatic rings. The Morgan fingerprint density at radius 3 is 2.79 bits per heavy atom. The lowest BCUT2D eigenvalue weighted by Crippen LogP contribution is -2.33. The fourth-order valence-corrected chi connectivity index (χ4v) is 2.41. The van der Waals surface area contributed by atoms with Crippen LogP contribution in [0.3, 0.4) is 0 Å². The molecule has 0 bridgehead atoms. The molecule has 0 unspecified atom stereocenters. The number of piperidine rings is 1. The molecule has 2 heterocycles. The number of rotatable bonds is 5. The maximum atomic E-state index is 11.8. The Balaban J connectivity index is 1.64. The third-order valence-electron chi connectivity index (χ3n) is 3.37. The summed E-state index contributed by atoms with van der Waals surface area (Å²) in [4.78, 5) is 18.2. The summed E-state index contributed by atoms with van der Waals surface area (Å²) >= 11 is 5.68. The highest BCUT2D eigenvalue weighted by Gasteiger charge is 2.09. The van der Waals surface area contributed by atoms with Crippen LogP contribution in [0.1, 0.15) is 36.0 Å². The Morgan fingerprint density at radius 2 is 2.11 bits per heavy atom. The van der Waals surface area contributed by atoms with Crippen LogP contribution in [0.25, 0.3) is 0 Å². The third-order valence-corrected chi connectivity index (χ3v) is 3.60. The summed E-state index contributed by atoms with van der Waals surface area (Å²) in [6.07, 6.45) is 6.47. The number of carbonyl (C=O) groups excluding carboxylic acids is 1. The van der Waals surface area contributed by atoms with Gasteiger partial charge in [0.05, 0.1) is 5.56 Å². The largest absolute Gasteiger partial charge is 0.352 e.